The fraction of sp³-hybridized carbons (Fsp3) is 0.100. The first kappa shape index (κ1) is 18.6. The van der Waals surface area contributed by atoms with Crippen LogP contribution in [-0.2, 0) is 0 Å². The van der Waals surface area contributed by atoms with Crippen molar-refractivity contribution in [2.24, 2.45) is 0 Å². The molecule has 0 fully saturated rings. The molecule has 0 aliphatic rings. The molecule has 29 heavy (non-hydrogen) atoms. The fourth-order valence-electron chi connectivity index (χ4n) is 3.02. The number of nitro benzene ring substituents is 1. The Morgan fingerprint density at radius 2 is 1.90 bits per heavy atom. The van der Waals surface area contributed by atoms with E-state index in [1.165, 1.54) is 29.8 Å². The number of hydrogen-bond donors (Lipinski definition) is 1. The highest BCUT2D eigenvalue weighted by Gasteiger charge is 2.16. The van der Waals surface area contributed by atoms with E-state index < -0.39 is 4.92 Å². The largest absolute Gasteiger partial charge is 0.493 e. The molecule has 0 aliphatic carbocycles. The van der Waals surface area contributed by atoms with Crippen LogP contribution in [0.2, 0.25) is 0 Å². The normalized spacial score (nSPS) is 10.7. The molecule has 0 saturated carbocycles. The summed E-state index contributed by atoms with van der Waals surface area (Å²) in [5.41, 5.74) is 2.43. The number of ether oxygens (including phenoxy) is 2. The third-order valence-electron chi connectivity index (χ3n) is 4.38. The van der Waals surface area contributed by atoms with E-state index in [9.17, 15) is 10.1 Å². The highest BCUT2D eigenvalue weighted by molar-refractivity contribution is 7.17. The van der Waals surface area contributed by atoms with Gasteiger partial charge in [0.2, 0.25) is 0 Å². The molecule has 2 aromatic heterocycles. The topological polar surface area (TPSA) is 99.4 Å². The monoisotopic (exact) mass is 408 g/mol. The SMILES string of the molecule is COc1ccc(-c2csc3ncnc(Nc4cccc([N+](=O)[O-])c4)c23)cc1OC. The van der Waals surface area contributed by atoms with Gasteiger partial charge in [-0.3, -0.25) is 10.1 Å². The summed E-state index contributed by atoms with van der Waals surface area (Å²) in [6, 6.07) is 12.0. The van der Waals surface area contributed by atoms with Crippen LogP contribution in [0.4, 0.5) is 17.2 Å². The Hall–Kier alpha value is -3.72. The van der Waals surface area contributed by atoms with Crippen molar-refractivity contribution in [1.82, 2.24) is 9.97 Å². The molecule has 0 amide bonds. The van der Waals surface area contributed by atoms with E-state index in [0.29, 0.717) is 23.0 Å². The van der Waals surface area contributed by atoms with E-state index in [2.05, 4.69) is 15.3 Å². The number of aromatic nitrogens is 2. The number of thiophene rings is 1. The molecule has 9 heteroatoms. The third-order valence-corrected chi connectivity index (χ3v) is 5.27. The van der Waals surface area contributed by atoms with Crippen molar-refractivity contribution >= 4 is 38.7 Å². The quantitative estimate of drug-likeness (QED) is 0.353. The van der Waals surface area contributed by atoms with Crippen LogP contribution in [-0.4, -0.2) is 29.1 Å². The first-order chi connectivity index (χ1) is 14.1. The van der Waals surface area contributed by atoms with Gasteiger partial charge in [-0.15, -0.1) is 11.3 Å². The van der Waals surface area contributed by atoms with Gasteiger partial charge in [0, 0.05) is 28.8 Å². The highest BCUT2D eigenvalue weighted by atomic mass is 32.1. The van der Waals surface area contributed by atoms with Crippen LogP contribution < -0.4 is 14.8 Å². The van der Waals surface area contributed by atoms with Crippen molar-refractivity contribution in [3.63, 3.8) is 0 Å². The first-order valence-corrected chi connectivity index (χ1v) is 9.44. The molecule has 0 aliphatic heterocycles. The van der Waals surface area contributed by atoms with E-state index in [4.69, 9.17) is 9.47 Å². The Morgan fingerprint density at radius 3 is 2.66 bits per heavy atom. The van der Waals surface area contributed by atoms with Crippen molar-refractivity contribution in [3.05, 3.63) is 64.3 Å². The lowest BCUT2D eigenvalue weighted by Gasteiger charge is -2.11. The molecule has 0 unspecified atom stereocenters. The van der Waals surface area contributed by atoms with Gasteiger partial charge in [0.05, 0.1) is 24.5 Å². The zero-order valence-corrected chi connectivity index (χ0v) is 16.4. The van der Waals surface area contributed by atoms with Crippen molar-refractivity contribution in [2.45, 2.75) is 0 Å². The number of fused-ring (bicyclic) bond motifs is 1. The van der Waals surface area contributed by atoms with E-state index >= 15 is 0 Å². The summed E-state index contributed by atoms with van der Waals surface area (Å²) in [5, 5.41) is 17.1. The Morgan fingerprint density at radius 1 is 1.07 bits per heavy atom. The lowest BCUT2D eigenvalue weighted by Crippen LogP contribution is -1.97. The molecule has 0 radical (unpaired) electrons. The molecule has 0 saturated heterocycles. The molecule has 0 bridgehead atoms. The molecular formula is C20H16N4O4S. The molecule has 146 valence electrons. The summed E-state index contributed by atoms with van der Waals surface area (Å²) in [6.07, 6.45) is 1.47. The minimum absolute atomic E-state index is 0.00531. The number of non-ortho nitro benzene ring substituents is 1. The molecule has 1 N–H and O–H groups in total. The van der Waals surface area contributed by atoms with Gasteiger partial charge in [-0.05, 0) is 23.8 Å². The number of benzene rings is 2. The van der Waals surface area contributed by atoms with Crippen molar-refractivity contribution in [3.8, 4) is 22.6 Å². The molecule has 4 rings (SSSR count). The Balaban J connectivity index is 1.81. The van der Waals surface area contributed by atoms with Crippen LogP contribution in [0.25, 0.3) is 21.3 Å². The molecular weight excluding hydrogens is 392 g/mol. The van der Waals surface area contributed by atoms with E-state index in [0.717, 1.165) is 21.3 Å². The Kier molecular flexibility index (Phi) is 4.96. The summed E-state index contributed by atoms with van der Waals surface area (Å²) < 4.78 is 10.7. The molecule has 0 spiro atoms. The predicted molar refractivity (Wildman–Crippen MR) is 112 cm³/mol. The average Bonchev–Trinajstić information content (AvgIpc) is 3.18. The molecule has 8 nitrogen and oxygen atoms in total. The number of nitrogens with one attached hydrogen (secondary N) is 1. The van der Waals surface area contributed by atoms with Crippen molar-refractivity contribution < 1.29 is 14.4 Å². The van der Waals surface area contributed by atoms with Crippen LogP contribution in [0.15, 0.2) is 54.2 Å². The molecule has 4 aromatic rings. The summed E-state index contributed by atoms with van der Waals surface area (Å²) in [5.74, 6) is 1.83. The number of methoxy groups -OCH3 is 2. The average molecular weight is 408 g/mol. The van der Waals surface area contributed by atoms with Crippen LogP contribution in [0, 0.1) is 10.1 Å². The van der Waals surface area contributed by atoms with Crippen molar-refractivity contribution in [1.29, 1.82) is 0 Å². The second-order valence-corrected chi connectivity index (χ2v) is 6.91. The molecule has 2 aromatic carbocycles. The van der Waals surface area contributed by atoms with Crippen LogP contribution in [0.1, 0.15) is 0 Å². The summed E-state index contributed by atoms with van der Waals surface area (Å²) in [6.45, 7) is 0. The van der Waals surface area contributed by atoms with Gasteiger partial charge in [-0.2, -0.15) is 0 Å². The second kappa shape index (κ2) is 7.72. The van der Waals surface area contributed by atoms with E-state index in [1.807, 2.05) is 23.6 Å². The van der Waals surface area contributed by atoms with Crippen LogP contribution >= 0.6 is 11.3 Å². The van der Waals surface area contributed by atoms with Gasteiger partial charge < -0.3 is 14.8 Å². The smallest absolute Gasteiger partial charge is 0.271 e. The predicted octanol–water partition coefficient (Wildman–Crippen LogP) is 5.03. The Labute approximate surface area is 169 Å². The van der Waals surface area contributed by atoms with Gasteiger partial charge in [0.25, 0.3) is 5.69 Å². The number of anilines is 2. The van der Waals surface area contributed by atoms with Gasteiger partial charge in [0.15, 0.2) is 11.5 Å². The van der Waals surface area contributed by atoms with Gasteiger partial charge in [-0.25, -0.2) is 9.97 Å². The van der Waals surface area contributed by atoms with E-state index in [-0.39, 0.29) is 5.69 Å². The number of nitro groups is 1. The van der Waals surface area contributed by atoms with Gasteiger partial charge >= 0.3 is 0 Å². The maximum absolute atomic E-state index is 11.1. The second-order valence-electron chi connectivity index (χ2n) is 6.05. The maximum Gasteiger partial charge on any atom is 0.271 e. The maximum atomic E-state index is 11.1. The van der Waals surface area contributed by atoms with Gasteiger partial charge in [0.1, 0.15) is 17.0 Å². The minimum Gasteiger partial charge on any atom is -0.493 e. The zero-order chi connectivity index (χ0) is 20.4. The molecule has 0 atom stereocenters. The van der Waals surface area contributed by atoms with Crippen LogP contribution in [0.3, 0.4) is 0 Å². The Bertz CT molecular complexity index is 1210. The van der Waals surface area contributed by atoms with Crippen molar-refractivity contribution in [2.75, 3.05) is 19.5 Å². The van der Waals surface area contributed by atoms with E-state index in [1.54, 1.807) is 26.4 Å². The fourth-order valence-corrected chi connectivity index (χ4v) is 3.94. The lowest BCUT2D eigenvalue weighted by molar-refractivity contribution is -0.384. The number of rotatable bonds is 6. The minimum atomic E-state index is -0.430. The number of nitrogens with zero attached hydrogens (tertiary/aromatic N) is 3. The highest BCUT2D eigenvalue weighted by Crippen LogP contribution is 2.40. The third kappa shape index (κ3) is 3.55. The molecule has 2 heterocycles. The summed E-state index contributed by atoms with van der Waals surface area (Å²) in [7, 11) is 3.18. The number of hydrogen-bond acceptors (Lipinski definition) is 8. The summed E-state index contributed by atoms with van der Waals surface area (Å²) in [4.78, 5) is 20.2. The lowest BCUT2D eigenvalue weighted by atomic mass is 10.1. The standard InChI is InChI=1S/C20H16N4O4S/c1-27-16-7-6-12(8-17(16)28-2)15-10-29-20-18(15)19(21-11-22-20)23-13-4-3-5-14(9-13)24(25)26/h3-11H,1-2H3,(H,21,22,23). The zero-order valence-electron chi connectivity index (χ0n) is 15.6. The van der Waals surface area contributed by atoms with Gasteiger partial charge in [-0.1, -0.05) is 12.1 Å². The summed E-state index contributed by atoms with van der Waals surface area (Å²) >= 11 is 1.49. The van der Waals surface area contributed by atoms with Crippen LogP contribution in [0.5, 0.6) is 11.5 Å². The first-order valence-electron chi connectivity index (χ1n) is 8.57.